The van der Waals surface area contributed by atoms with Gasteiger partial charge in [0, 0.05) is 17.2 Å². The fourth-order valence-electron chi connectivity index (χ4n) is 2.97. The molecular weight excluding hydrogens is 338 g/mol. The lowest BCUT2D eigenvalue weighted by Crippen LogP contribution is -2.32. The van der Waals surface area contributed by atoms with Gasteiger partial charge in [-0.15, -0.1) is 0 Å². The second-order valence-electron chi connectivity index (χ2n) is 7.03. The highest BCUT2D eigenvalue weighted by molar-refractivity contribution is 6.31. The van der Waals surface area contributed by atoms with Crippen LogP contribution >= 0.6 is 11.6 Å². The average Bonchev–Trinajstić information content (AvgIpc) is 3.03. The molecule has 0 aromatic carbocycles. The summed E-state index contributed by atoms with van der Waals surface area (Å²) in [7, 11) is 0. The van der Waals surface area contributed by atoms with Gasteiger partial charge in [0.15, 0.2) is 0 Å². The van der Waals surface area contributed by atoms with Crippen LogP contribution in [-0.2, 0) is 5.41 Å². The van der Waals surface area contributed by atoms with Gasteiger partial charge < -0.3 is 14.1 Å². The number of hydrogen-bond acceptors (Lipinski definition) is 3. The van der Waals surface area contributed by atoms with Gasteiger partial charge in [0.25, 0.3) is 0 Å². The third-order valence-corrected chi connectivity index (χ3v) is 5.22. The van der Waals surface area contributed by atoms with E-state index in [1.807, 2.05) is 46.8 Å². The van der Waals surface area contributed by atoms with E-state index >= 15 is 0 Å². The van der Waals surface area contributed by atoms with E-state index in [-0.39, 0.29) is 17.1 Å². The third kappa shape index (κ3) is 3.07. The number of aromatic nitrogens is 1. The first kappa shape index (κ1) is 17.6. The Morgan fingerprint density at radius 3 is 2.76 bits per heavy atom. The molecule has 1 N–H and O–H groups in total. The van der Waals surface area contributed by atoms with Crippen LogP contribution in [0.4, 0.5) is 0 Å². The van der Waals surface area contributed by atoms with E-state index in [1.54, 1.807) is 18.3 Å². The minimum Gasteiger partial charge on any atom is -0.489 e. The number of nitrogens with one attached hydrogen (secondary N) is 1. The molecule has 1 atom stereocenters. The summed E-state index contributed by atoms with van der Waals surface area (Å²) in [4.78, 5) is 15.5. The summed E-state index contributed by atoms with van der Waals surface area (Å²) in [5, 5.41) is 0.664. The predicted molar refractivity (Wildman–Crippen MR) is 101 cm³/mol. The molecule has 1 aliphatic rings. The average molecular weight is 360 g/mol. The summed E-state index contributed by atoms with van der Waals surface area (Å²) in [5.41, 5.74) is 2.59. The third-order valence-electron chi connectivity index (χ3n) is 4.89. The van der Waals surface area contributed by atoms with Crippen LogP contribution in [0.1, 0.15) is 50.3 Å². The van der Waals surface area contributed by atoms with Gasteiger partial charge in [-0.25, -0.2) is 4.79 Å². The van der Waals surface area contributed by atoms with Crippen LogP contribution in [-0.4, -0.2) is 11.1 Å². The summed E-state index contributed by atoms with van der Waals surface area (Å²) in [6, 6.07) is 1.80. The maximum absolute atomic E-state index is 12.5. The van der Waals surface area contributed by atoms with Crippen LogP contribution in [0.3, 0.4) is 0 Å². The van der Waals surface area contributed by atoms with Gasteiger partial charge >= 0.3 is 5.63 Å². The van der Waals surface area contributed by atoms with Crippen molar-refractivity contribution in [3.8, 4) is 5.75 Å². The summed E-state index contributed by atoms with van der Waals surface area (Å²) in [6.45, 7) is 9.85. The molecule has 0 bridgehead atoms. The van der Waals surface area contributed by atoms with E-state index in [4.69, 9.17) is 20.8 Å². The maximum atomic E-state index is 12.5. The molecule has 0 saturated heterocycles. The van der Waals surface area contributed by atoms with Crippen molar-refractivity contribution in [3.05, 3.63) is 61.9 Å². The van der Waals surface area contributed by atoms with Crippen molar-refractivity contribution in [2.45, 2.75) is 46.1 Å². The molecule has 5 heteroatoms. The van der Waals surface area contributed by atoms with Crippen LogP contribution < -0.4 is 10.4 Å². The van der Waals surface area contributed by atoms with Crippen molar-refractivity contribution in [1.82, 2.24) is 4.98 Å². The topological polar surface area (TPSA) is 55.2 Å². The minimum absolute atomic E-state index is 0.0695. The summed E-state index contributed by atoms with van der Waals surface area (Å²) in [5.74, 6) is 1.17. The number of aromatic amines is 1. The number of rotatable bonds is 3. The molecule has 0 fully saturated rings. The number of hydrogen-bond donors (Lipinski definition) is 1. The number of ether oxygens (including phenoxy) is 1. The molecule has 0 saturated carbocycles. The zero-order valence-electron chi connectivity index (χ0n) is 15.1. The first-order valence-electron chi connectivity index (χ1n) is 8.26. The highest BCUT2D eigenvalue weighted by Crippen LogP contribution is 2.43. The van der Waals surface area contributed by atoms with E-state index in [0.29, 0.717) is 22.1 Å². The Morgan fingerprint density at radius 2 is 2.12 bits per heavy atom. The normalized spacial score (nSPS) is 19.3. The summed E-state index contributed by atoms with van der Waals surface area (Å²) >= 11 is 6.08. The van der Waals surface area contributed by atoms with Crippen LogP contribution in [0.15, 0.2) is 33.1 Å². The second-order valence-corrected chi connectivity index (χ2v) is 7.43. The van der Waals surface area contributed by atoms with E-state index in [2.05, 4.69) is 4.98 Å². The molecule has 3 heterocycles. The molecule has 0 radical (unpaired) electrons. The van der Waals surface area contributed by atoms with Crippen LogP contribution in [0.2, 0.25) is 5.02 Å². The smallest absolute Gasteiger partial charge is 0.343 e. The highest BCUT2D eigenvalue weighted by atomic mass is 35.5. The molecule has 25 heavy (non-hydrogen) atoms. The summed E-state index contributed by atoms with van der Waals surface area (Å²) in [6.07, 6.45) is 7.33. The molecule has 2 aromatic heterocycles. The van der Waals surface area contributed by atoms with E-state index in [9.17, 15) is 4.79 Å². The molecule has 1 aliphatic heterocycles. The molecule has 2 aromatic rings. The lowest BCUT2D eigenvalue weighted by atomic mass is 9.82. The van der Waals surface area contributed by atoms with Crippen molar-refractivity contribution >= 4 is 23.8 Å². The molecule has 132 valence electrons. The van der Waals surface area contributed by atoms with E-state index in [1.165, 1.54) is 0 Å². The second kappa shape index (κ2) is 6.26. The predicted octanol–water partition coefficient (Wildman–Crippen LogP) is 5.10. The van der Waals surface area contributed by atoms with E-state index in [0.717, 1.165) is 16.8 Å². The standard InChI is InChI=1S/C20H22ClNO3/c1-11(10-15-14(21)8-9-22-15)6-7-16-12(2)18-17(19(23)25-16)20(4,5)13(3)24-18/h6-10,13,22H,1-5H3. The van der Waals surface area contributed by atoms with Crippen LogP contribution in [0.5, 0.6) is 5.75 Å². The van der Waals surface area contributed by atoms with Crippen LogP contribution in [0.25, 0.3) is 12.2 Å². The monoisotopic (exact) mass is 359 g/mol. The van der Waals surface area contributed by atoms with Crippen molar-refractivity contribution < 1.29 is 9.15 Å². The Kier molecular flexibility index (Phi) is 4.41. The van der Waals surface area contributed by atoms with Crippen molar-refractivity contribution in [1.29, 1.82) is 0 Å². The van der Waals surface area contributed by atoms with Gasteiger partial charge in [-0.05, 0) is 44.6 Å². The zero-order chi connectivity index (χ0) is 18.4. The Balaban J connectivity index is 1.97. The largest absolute Gasteiger partial charge is 0.489 e. The van der Waals surface area contributed by atoms with Crippen molar-refractivity contribution in [2.75, 3.05) is 0 Å². The SMILES string of the molecule is CC(C=Cc1oc(=O)c2c(c1C)OC(C)C2(C)C)=Cc1[nH]ccc1Cl. The lowest BCUT2D eigenvalue weighted by Gasteiger charge is -2.20. The number of allylic oxidation sites excluding steroid dienone is 2. The highest BCUT2D eigenvalue weighted by Gasteiger charge is 2.43. The van der Waals surface area contributed by atoms with Gasteiger partial charge in [0.2, 0.25) is 0 Å². The Bertz CT molecular complexity index is 931. The molecule has 0 aliphatic carbocycles. The number of fused-ring (bicyclic) bond motifs is 1. The summed E-state index contributed by atoms with van der Waals surface area (Å²) < 4.78 is 11.5. The minimum atomic E-state index is -0.358. The fourth-order valence-corrected chi connectivity index (χ4v) is 3.14. The molecule has 1 unspecified atom stereocenters. The zero-order valence-corrected chi connectivity index (χ0v) is 15.8. The Hall–Kier alpha value is -2.20. The number of halogens is 1. The molecule has 0 amide bonds. The molecule has 3 rings (SSSR count). The van der Waals surface area contributed by atoms with Crippen molar-refractivity contribution in [2.24, 2.45) is 0 Å². The van der Waals surface area contributed by atoms with Gasteiger partial charge in [-0.2, -0.15) is 0 Å². The number of H-pyrrole nitrogens is 1. The van der Waals surface area contributed by atoms with Gasteiger partial charge in [0.1, 0.15) is 17.6 Å². The molecule has 4 nitrogen and oxygen atoms in total. The van der Waals surface area contributed by atoms with Crippen molar-refractivity contribution in [3.63, 3.8) is 0 Å². The van der Waals surface area contributed by atoms with Gasteiger partial charge in [-0.3, -0.25) is 0 Å². The lowest BCUT2D eigenvalue weighted by molar-refractivity contribution is 0.184. The Labute approximate surface area is 152 Å². The fraction of sp³-hybridized carbons (Fsp3) is 0.350. The molecular formula is C20H22ClNO3. The maximum Gasteiger partial charge on any atom is 0.343 e. The Morgan fingerprint density at radius 1 is 1.40 bits per heavy atom. The molecule has 0 spiro atoms. The van der Waals surface area contributed by atoms with Gasteiger partial charge in [-0.1, -0.05) is 31.5 Å². The first-order valence-corrected chi connectivity index (χ1v) is 8.63. The van der Waals surface area contributed by atoms with Gasteiger partial charge in [0.05, 0.1) is 16.3 Å². The quantitative estimate of drug-likeness (QED) is 0.775. The van der Waals surface area contributed by atoms with E-state index < -0.39 is 0 Å². The van der Waals surface area contributed by atoms with Crippen LogP contribution in [0, 0.1) is 6.92 Å². The first-order chi connectivity index (χ1) is 11.7.